The minimum absolute atomic E-state index is 0.00519. The highest BCUT2D eigenvalue weighted by Gasteiger charge is 2.25. The number of carbonyl (C=O) groups excluding carboxylic acids is 2. The molecule has 1 N–H and O–H groups in total. The molecule has 0 fully saturated rings. The lowest BCUT2D eigenvalue weighted by atomic mass is 9.87. The molecule has 2 aromatic carbocycles. The van der Waals surface area contributed by atoms with Crippen LogP contribution in [0.2, 0.25) is 0 Å². The van der Waals surface area contributed by atoms with Crippen LogP contribution in [0.4, 0.5) is 0 Å². The maximum atomic E-state index is 12.6. The first kappa shape index (κ1) is 20.0. The summed E-state index contributed by atoms with van der Waals surface area (Å²) in [5, 5.41) is 3.06. The van der Waals surface area contributed by atoms with Gasteiger partial charge in [0, 0.05) is 4.90 Å². The molecule has 0 saturated carbocycles. The number of amides is 1. The van der Waals surface area contributed by atoms with Crippen molar-refractivity contribution >= 4 is 23.6 Å². The summed E-state index contributed by atoms with van der Waals surface area (Å²) >= 11 is 1.47. The number of ether oxygens (including phenoxy) is 1. The van der Waals surface area contributed by atoms with Gasteiger partial charge < -0.3 is 10.1 Å². The minimum Gasteiger partial charge on any atom is -0.452 e. The smallest absolute Gasteiger partial charge is 0.317 e. The Morgan fingerprint density at radius 1 is 1.07 bits per heavy atom. The number of thioether (sulfide) groups is 1. The summed E-state index contributed by atoms with van der Waals surface area (Å²) < 4.78 is 5.38. The summed E-state index contributed by atoms with van der Waals surface area (Å²) in [7, 11) is 0. The van der Waals surface area contributed by atoms with E-state index >= 15 is 0 Å². The topological polar surface area (TPSA) is 55.4 Å². The van der Waals surface area contributed by atoms with Crippen LogP contribution in [0.5, 0.6) is 0 Å². The van der Waals surface area contributed by atoms with Gasteiger partial charge in [-0.25, -0.2) is 0 Å². The van der Waals surface area contributed by atoms with E-state index in [9.17, 15) is 9.59 Å². The molecule has 0 unspecified atom stereocenters. The molecule has 2 aliphatic carbocycles. The quantitative estimate of drug-likeness (QED) is 0.568. The third-order valence-electron chi connectivity index (χ3n) is 5.79. The molecule has 0 spiro atoms. The van der Waals surface area contributed by atoms with Gasteiger partial charge in [0.15, 0.2) is 6.10 Å². The molecular weight excluding hydrogens is 382 g/mol. The first-order valence-electron chi connectivity index (χ1n) is 10.4. The van der Waals surface area contributed by atoms with Gasteiger partial charge in [-0.15, -0.1) is 11.8 Å². The SMILES string of the molecule is C[C@H](OC(=O)CSc1ccc2c(c1)CCC2)C(=O)N[C@H]1CCCc2ccccc21. The second-order valence-electron chi connectivity index (χ2n) is 7.86. The molecule has 1 amide bonds. The van der Waals surface area contributed by atoms with E-state index in [1.807, 2.05) is 12.1 Å². The zero-order valence-corrected chi connectivity index (χ0v) is 17.6. The van der Waals surface area contributed by atoms with Crippen molar-refractivity contribution < 1.29 is 14.3 Å². The first-order valence-corrected chi connectivity index (χ1v) is 11.4. The van der Waals surface area contributed by atoms with Crippen LogP contribution in [-0.2, 0) is 33.6 Å². The standard InChI is InChI=1S/C24H27NO3S/c1-16(24(27)25-22-11-5-8-18-6-2-3-10-21(18)22)28-23(26)15-29-20-13-12-17-7-4-9-19(17)14-20/h2-3,6,10,12-14,16,22H,4-5,7-9,11,15H2,1H3,(H,25,27)/t16-,22-/m0/s1. The van der Waals surface area contributed by atoms with Gasteiger partial charge in [0.05, 0.1) is 11.8 Å². The Balaban J connectivity index is 1.27. The predicted molar refractivity (Wildman–Crippen MR) is 115 cm³/mol. The predicted octanol–water partition coefficient (Wildman–Crippen LogP) is 4.39. The molecular formula is C24H27NO3S. The number of hydrogen-bond donors (Lipinski definition) is 1. The van der Waals surface area contributed by atoms with E-state index in [1.165, 1.54) is 40.4 Å². The maximum Gasteiger partial charge on any atom is 0.317 e. The largest absolute Gasteiger partial charge is 0.452 e. The highest BCUT2D eigenvalue weighted by atomic mass is 32.2. The summed E-state index contributed by atoms with van der Waals surface area (Å²) in [4.78, 5) is 25.9. The second kappa shape index (κ2) is 9.04. The van der Waals surface area contributed by atoms with Gasteiger partial charge in [0.25, 0.3) is 5.91 Å². The summed E-state index contributed by atoms with van der Waals surface area (Å²) in [6.45, 7) is 1.64. The van der Waals surface area contributed by atoms with Crippen molar-refractivity contribution in [3.05, 3.63) is 64.7 Å². The molecule has 0 radical (unpaired) electrons. The molecule has 2 aliphatic rings. The number of esters is 1. The van der Waals surface area contributed by atoms with Crippen LogP contribution in [0.25, 0.3) is 0 Å². The fourth-order valence-corrected chi connectivity index (χ4v) is 5.00. The highest BCUT2D eigenvalue weighted by molar-refractivity contribution is 8.00. The van der Waals surface area contributed by atoms with Crippen molar-refractivity contribution in [2.75, 3.05) is 5.75 Å². The van der Waals surface area contributed by atoms with Gasteiger partial charge in [-0.3, -0.25) is 9.59 Å². The number of nitrogens with one attached hydrogen (secondary N) is 1. The fraction of sp³-hybridized carbons (Fsp3) is 0.417. The van der Waals surface area contributed by atoms with E-state index in [4.69, 9.17) is 4.74 Å². The number of hydrogen-bond acceptors (Lipinski definition) is 4. The number of rotatable bonds is 6. The van der Waals surface area contributed by atoms with Crippen LogP contribution in [-0.4, -0.2) is 23.7 Å². The van der Waals surface area contributed by atoms with E-state index in [0.29, 0.717) is 0 Å². The van der Waals surface area contributed by atoms with Crippen LogP contribution < -0.4 is 5.32 Å². The Morgan fingerprint density at radius 2 is 1.86 bits per heavy atom. The molecule has 2 atom stereocenters. The molecule has 5 heteroatoms. The summed E-state index contributed by atoms with van der Waals surface area (Å²) in [6.07, 6.45) is 5.70. The van der Waals surface area contributed by atoms with Crippen LogP contribution in [0.15, 0.2) is 47.4 Å². The number of aryl methyl sites for hydroxylation is 3. The van der Waals surface area contributed by atoms with Crippen LogP contribution in [0, 0.1) is 0 Å². The van der Waals surface area contributed by atoms with Gasteiger partial charge in [-0.1, -0.05) is 30.3 Å². The van der Waals surface area contributed by atoms with E-state index in [-0.39, 0.29) is 23.7 Å². The lowest BCUT2D eigenvalue weighted by molar-refractivity contribution is -0.152. The van der Waals surface area contributed by atoms with Crippen molar-refractivity contribution in [3.63, 3.8) is 0 Å². The molecule has 0 heterocycles. The fourth-order valence-electron chi connectivity index (χ4n) is 4.26. The third kappa shape index (κ3) is 4.84. The Kier molecular flexibility index (Phi) is 6.24. The number of benzene rings is 2. The van der Waals surface area contributed by atoms with Gasteiger partial charge in [-0.05, 0) is 79.8 Å². The zero-order chi connectivity index (χ0) is 20.2. The molecule has 152 valence electrons. The molecule has 0 saturated heterocycles. The normalized spacial score (nSPS) is 18.4. The van der Waals surface area contributed by atoms with E-state index in [0.717, 1.165) is 37.0 Å². The Bertz CT molecular complexity index is 911. The minimum atomic E-state index is -0.794. The molecule has 0 aromatic heterocycles. The van der Waals surface area contributed by atoms with Crippen LogP contribution >= 0.6 is 11.8 Å². The third-order valence-corrected chi connectivity index (χ3v) is 6.76. The average molecular weight is 410 g/mol. The highest BCUT2D eigenvalue weighted by Crippen LogP contribution is 2.30. The Hall–Kier alpha value is -2.27. The van der Waals surface area contributed by atoms with Crippen molar-refractivity contribution in [3.8, 4) is 0 Å². The molecule has 4 rings (SSSR count). The average Bonchev–Trinajstić information content (AvgIpc) is 3.20. The van der Waals surface area contributed by atoms with Gasteiger partial charge in [-0.2, -0.15) is 0 Å². The van der Waals surface area contributed by atoms with Crippen LogP contribution in [0.1, 0.15) is 54.5 Å². The van der Waals surface area contributed by atoms with Gasteiger partial charge in [0.2, 0.25) is 0 Å². The maximum absolute atomic E-state index is 12.6. The zero-order valence-electron chi connectivity index (χ0n) is 16.8. The summed E-state index contributed by atoms with van der Waals surface area (Å²) in [5.41, 5.74) is 5.28. The molecule has 29 heavy (non-hydrogen) atoms. The van der Waals surface area contributed by atoms with Gasteiger partial charge in [0.1, 0.15) is 0 Å². The Morgan fingerprint density at radius 3 is 2.76 bits per heavy atom. The molecule has 0 bridgehead atoms. The van der Waals surface area contributed by atoms with Gasteiger partial charge >= 0.3 is 5.97 Å². The summed E-state index contributed by atoms with van der Waals surface area (Å²) in [5.74, 6) is -0.382. The molecule has 2 aromatic rings. The lowest BCUT2D eigenvalue weighted by Crippen LogP contribution is -2.39. The van der Waals surface area contributed by atoms with Crippen LogP contribution in [0.3, 0.4) is 0 Å². The molecule has 4 nitrogen and oxygen atoms in total. The summed E-state index contributed by atoms with van der Waals surface area (Å²) in [6, 6.07) is 14.6. The monoisotopic (exact) mass is 409 g/mol. The number of fused-ring (bicyclic) bond motifs is 2. The number of carbonyl (C=O) groups is 2. The lowest BCUT2D eigenvalue weighted by Gasteiger charge is -2.27. The Labute approximate surface area is 176 Å². The van der Waals surface area contributed by atoms with Crippen molar-refractivity contribution in [1.29, 1.82) is 0 Å². The first-order chi connectivity index (χ1) is 14.1. The van der Waals surface area contributed by atoms with E-state index < -0.39 is 6.10 Å². The molecule has 0 aliphatic heterocycles. The van der Waals surface area contributed by atoms with E-state index in [1.54, 1.807) is 6.92 Å². The van der Waals surface area contributed by atoms with Crippen molar-refractivity contribution in [2.24, 2.45) is 0 Å². The van der Waals surface area contributed by atoms with Crippen molar-refractivity contribution in [1.82, 2.24) is 5.32 Å². The second-order valence-corrected chi connectivity index (χ2v) is 8.91. The van der Waals surface area contributed by atoms with E-state index in [2.05, 4.69) is 35.6 Å². The van der Waals surface area contributed by atoms with Crippen molar-refractivity contribution in [2.45, 2.75) is 62.5 Å².